The highest BCUT2D eigenvalue weighted by Gasteiger charge is 2.18. The molecule has 1 aromatic carbocycles. The normalized spacial score (nSPS) is 17.2. The molecule has 1 unspecified atom stereocenters. The predicted octanol–water partition coefficient (Wildman–Crippen LogP) is 3.20. The van der Waals surface area contributed by atoms with Gasteiger partial charge in [0.1, 0.15) is 5.75 Å². The Morgan fingerprint density at radius 1 is 1.25 bits per heavy atom. The van der Waals surface area contributed by atoms with Crippen molar-refractivity contribution in [3.63, 3.8) is 0 Å². The van der Waals surface area contributed by atoms with E-state index >= 15 is 0 Å². The lowest BCUT2D eigenvalue weighted by atomic mass is 10.1. The smallest absolute Gasteiger partial charge is 0.223 e. The molecule has 0 radical (unpaired) electrons. The molecule has 24 heavy (non-hydrogen) atoms. The lowest BCUT2D eigenvalue weighted by molar-refractivity contribution is 0.271. The first-order valence-electron chi connectivity index (χ1n) is 8.70. The number of hydrogen-bond acceptors (Lipinski definition) is 5. The van der Waals surface area contributed by atoms with Gasteiger partial charge in [0.2, 0.25) is 5.95 Å². The Hall–Kier alpha value is -2.14. The van der Waals surface area contributed by atoms with Crippen LogP contribution in [0.1, 0.15) is 37.4 Å². The van der Waals surface area contributed by atoms with Gasteiger partial charge in [0.05, 0.1) is 12.3 Å². The van der Waals surface area contributed by atoms with Crippen molar-refractivity contribution in [3.8, 4) is 5.75 Å². The molecule has 2 heterocycles. The van der Waals surface area contributed by atoms with Crippen LogP contribution < -0.4 is 15.4 Å². The van der Waals surface area contributed by atoms with Crippen molar-refractivity contribution in [1.29, 1.82) is 0 Å². The van der Waals surface area contributed by atoms with Crippen LogP contribution in [-0.2, 0) is 6.54 Å². The third-order valence-electron chi connectivity index (χ3n) is 4.11. The molecular formula is C19H26N4O. The maximum absolute atomic E-state index is 5.71. The van der Waals surface area contributed by atoms with Gasteiger partial charge in [0.25, 0.3) is 0 Å². The summed E-state index contributed by atoms with van der Waals surface area (Å²) in [5, 5.41) is 6.69. The molecule has 0 spiro atoms. The second-order valence-corrected chi connectivity index (χ2v) is 6.70. The van der Waals surface area contributed by atoms with E-state index in [0.29, 0.717) is 24.3 Å². The molecule has 0 saturated carbocycles. The Labute approximate surface area is 143 Å². The fraction of sp³-hybridized carbons (Fsp3) is 0.474. The van der Waals surface area contributed by atoms with E-state index in [2.05, 4.69) is 46.6 Å². The average molecular weight is 326 g/mol. The molecule has 2 N–H and O–H groups in total. The largest absolute Gasteiger partial charge is 0.493 e. The molecular weight excluding hydrogens is 300 g/mol. The SMILES string of the molecule is CC(C)COc1ccc(CNc2nccc(C3CCNC3)n2)cc1. The van der Waals surface area contributed by atoms with Crippen LogP contribution in [-0.4, -0.2) is 29.7 Å². The number of hydrogen-bond donors (Lipinski definition) is 2. The summed E-state index contributed by atoms with van der Waals surface area (Å²) in [5.74, 6) is 2.65. The van der Waals surface area contributed by atoms with E-state index < -0.39 is 0 Å². The first-order chi connectivity index (χ1) is 11.7. The molecule has 1 atom stereocenters. The van der Waals surface area contributed by atoms with Crippen LogP contribution in [0.3, 0.4) is 0 Å². The summed E-state index contributed by atoms with van der Waals surface area (Å²) < 4.78 is 5.71. The highest BCUT2D eigenvalue weighted by Crippen LogP contribution is 2.21. The lowest BCUT2D eigenvalue weighted by Gasteiger charge is -2.11. The summed E-state index contributed by atoms with van der Waals surface area (Å²) in [7, 11) is 0. The number of ether oxygens (including phenoxy) is 1. The molecule has 1 aliphatic rings. The second-order valence-electron chi connectivity index (χ2n) is 6.70. The topological polar surface area (TPSA) is 59.1 Å². The molecule has 0 amide bonds. The number of nitrogens with one attached hydrogen (secondary N) is 2. The van der Waals surface area contributed by atoms with Gasteiger partial charge in [-0.1, -0.05) is 26.0 Å². The van der Waals surface area contributed by atoms with E-state index in [1.165, 1.54) is 5.56 Å². The summed E-state index contributed by atoms with van der Waals surface area (Å²) >= 11 is 0. The van der Waals surface area contributed by atoms with Gasteiger partial charge < -0.3 is 15.4 Å². The van der Waals surface area contributed by atoms with Crippen molar-refractivity contribution >= 4 is 5.95 Å². The van der Waals surface area contributed by atoms with Gasteiger partial charge in [-0.2, -0.15) is 0 Å². The highest BCUT2D eigenvalue weighted by molar-refractivity contribution is 5.32. The van der Waals surface area contributed by atoms with Crippen LogP contribution in [0.4, 0.5) is 5.95 Å². The van der Waals surface area contributed by atoms with E-state index in [4.69, 9.17) is 4.74 Å². The van der Waals surface area contributed by atoms with E-state index in [9.17, 15) is 0 Å². The number of benzene rings is 1. The molecule has 5 heteroatoms. The van der Waals surface area contributed by atoms with Crippen LogP contribution in [0.15, 0.2) is 36.5 Å². The molecule has 1 aromatic heterocycles. The fourth-order valence-electron chi connectivity index (χ4n) is 2.74. The van der Waals surface area contributed by atoms with Gasteiger partial charge >= 0.3 is 0 Å². The zero-order valence-corrected chi connectivity index (χ0v) is 14.5. The summed E-state index contributed by atoms with van der Waals surface area (Å²) in [6, 6.07) is 10.2. The molecule has 0 bridgehead atoms. The Morgan fingerprint density at radius 3 is 2.79 bits per heavy atom. The van der Waals surface area contributed by atoms with Gasteiger partial charge in [-0.05, 0) is 42.6 Å². The lowest BCUT2D eigenvalue weighted by Crippen LogP contribution is -2.10. The van der Waals surface area contributed by atoms with Crippen molar-refractivity contribution in [3.05, 3.63) is 47.8 Å². The van der Waals surface area contributed by atoms with E-state index in [-0.39, 0.29) is 0 Å². The second kappa shape index (κ2) is 8.11. The first kappa shape index (κ1) is 16.7. The van der Waals surface area contributed by atoms with Crippen LogP contribution in [0.5, 0.6) is 5.75 Å². The van der Waals surface area contributed by atoms with Crippen molar-refractivity contribution in [2.45, 2.75) is 32.7 Å². The number of rotatable bonds is 7. The minimum Gasteiger partial charge on any atom is -0.493 e. The molecule has 0 aliphatic carbocycles. The summed E-state index contributed by atoms with van der Waals surface area (Å²) in [6.07, 6.45) is 2.99. The van der Waals surface area contributed by atoms with Crippen molar-refractivity contribution in [2.24, 2.45) is 5.92 Å². The standard InChI is InChI=1S/C19H26N4O/c1-14(2)13-24-17-5-3-15(4-6-17)11-22-19-21-10-8-18(23-19)16-7-9-20-12-16/h3-6,8,10,14,16,20H,7,9,11-13H2,1-2H3,(H,21,22,23). The van der Waals surface area contributed by atoms with Gasteiger partial charge in [-0.25, -0.2) is 9.97 Å². The molecule has 5 nitrogen and oxygen atoms in total. The Bertz CT molecular complexity index is 636. The Balaban J connectivity index is 1.54. The number of nitrogens with zero attached hydrogens (tertiary/aromatic N) is 2. The minimum atomic E-state index is 0.505. The van der Waals surface area contributed by atoms with Crippen LogP contribution in [0.2, 0.25) is 0 Å². The van der Waals surface area contributed by atoms with E-state index in [1.807, 2.05) is 24.4 Å². The maximum atomic E-state index is 5.71. The van der Waals surface area contributed by atoms with Gasteiger partial charge in [-0.3, -0.25) is 0 Å². The van der Waals surface area contributed by atoms with Gasteiger partial charge in [0.15, 0.2) is 0 Å². The third-order valence-corrected chi connectivity index (χ3v) is 4.11. The Kier molecular flexibility index (Phi) is 5.64. The zero-order chi connectivity index (χ0) is 16.8. The van der Waals surface area contributed by atoms with E-state index in [0.717, 1.165) is 37.6 Å². The Morgan fingerprint density at radius 2 is 2.08 bits per heavy atom. The predicted molar refractivity (Wildman–Crippen MR) is 96.4 cm³/mol. The van der Waals surface area contributed by atoms with Crippen molar-refractivity contribution < 1.29 is 4.74 Å². The van der Waals surface area contributed by atoms with Gasteiger partial charge in [-0.15, -0.1) is 0 Å². The fourth-order valence-corrected chi connectivity index (χ4v) is 2.74. The molecule has 1 aliphatic heterocycles. The first-order valence-corrected chi connectivity index (χ1v) is 8.70. The minimum absolute atomic E-state index is 0.505. The van der Waals surface area contributed by atoms with E-state index in [1.54, 1.807) is 0 Å². The quantitative estimate of drug-likeness (QED) is 0.818. The average Bonchev–Trinajstić information content (AvgIpc) is 3.14. The van der Waals surface area contributed by atoms with Gasteiger partial charge in [0, 0.05) is 25.2 Å². The molecule has 128 valence electrons. The zero-order valence-electron chi connectivity index (χ0n) is 14.5. The molecule has 1 fully saturated rings. The number of aromatic nitrogens is 2. The maximum Gasteiger partial charge on any atom is 0.223 e. The summed E-state index contributed by atoms with van der Waals surface area (Å²) in [5.41, 5.74) is 2.30. The third kappa shape index (κ3) is 4.68. The highest BCUT2D eigenvalue weighted by atomic mass is 16.5. The number of anilines is 1. The van der Waals surface area contributed by atoms with Crippen molar-refractivity contribution in [1.82, 2.24) is 15.3 Å². The molecule has 1 saturated heterocycles. The summed E-state index contributed by atoms with van der Waals surface area (Å²) in [4.78, 5) is 8.97. The van der Waals surface area contributed by atoms with Crippen molar-refractivity contribution in [2.75, 3.05) is 25.0 Å². The van der Waals surface area contributed by atoms with Crippen LogP contribution >= 0.6 is 0 Å². The molecule has 2 aromatic rings. The van der Waals surface area contributed by atoms with Crippen LogP contribution in [0, 0.1) is 5.92 Å². The summed E-state index contributed by atoms with van der Waals surface area (Å²) in [6.45, 7) is 7.82. The van der Waals surface area contributed by atoms with Crippen LogP contribution in [0.25, 0.3) is 0 Å². The monoisotopic (exact) mass is 326 g/mol. The molecule has 3 rings (SSSR count).